The Labute approximate surface area is 195 Å². The number of likely N-dealkylation sites (tertiary alicyclic amines) is 1. The summed E-state index contributed by atoms with van der Waals surface area (Å²) in [5.41, 5.74) is -0.405. The maximum Gasteiger partial charge on any atom is 0.416 e. The number of piperidine rings is 1. The van der Waals surface area contributed by atoms with Crippen LogP contribution < -0.4 is 9.57 Å². The van der Waals surface area contributed by atoms with Crippen molar-refractivity contribution in [3.63, 3.8) is 0 Å². The number of halogens is 3. The first-order valence-corrected chi connectivity index (χ1v) is 10.8. The fourth-order valence-corrected chi connectivity index (χ4v) is 3.14. The Hall–Kier alpha value is -3.37. The zero-order valence-electron chi connectivity index (χ0n) is 19.4. The Kier molecular flexibility index (Phi) is 7.63. The standard InChI is InChI=1S/C23H27F3N4O4/c1-15(16-5-7-17(8-6-16)23(24,25)26)29-34-20-10-9-19(27-28-20)32-18-11-13-30(14-12-18)21(31)33-22(2,3)4/h5-10,18H,11-14H2,1-4H3/b29-15-. The molecule has 0 atom stereocenters. The molecule has 8 nitrogen and oxygen atoms in total. The smallest absolute Gasteiger partial charge is 0.416 e. The van der Waals surface area contributed by atoms with Gasteiger partial charge in [-0.2, -0.15) is 13.2 Å². The Balaban J connectivity index is 1.48. The third-order valence-electron chi connectivity index (χ3n) is 4.90. The van der Waals surface area contributed by atoms with Crippen molar-refractivity contribution in [2.45, 2.75) is 58.4 Å². The molecule has 3 rings (SSSR count). The molecule has 1 aromatic heterocycles. The van der Waals surface area contributed by atoms with Crippen LogP contribution in [0, 0.1) is 0 Å². The Morgan fingerprint density at radius 1 is 1.00 bits per heavy atom. The van der Waals surface area contributed by atoms with Crippen LogP contribution in [0.25, 0.3) is 0 Å². The Morgan fingerprint density at radius 2 is 1.59 bits per heavy atom. The molecule has 11 heteroatoms. The number of benzene rings is 1. The number of hydrogen-bond acceptors (Lipinski definition) is 7. The molecule has 34 heavy (non-hydrogen) atoms. The minimum absolute atomic E-state index is 0.110. The van der Waals surface area contributed by atoms with Crippen molar-refractivity contribution < 1.29 is 32.3 Å². The molecule has 0 bridgehead atoms. The number of oxime groups is 1. The van der Waals surface area contributed by atoms with Gasteiger partial charge in [-0.3, -0.25) is 0 Å². The highest BCUT2D eigenvalue weighted by Crippen LogP contribution is 2.29. The number of rotatable bonds is 5. The maximum atomic E-state index is 12.7. The van der Waals surface area contributed by atoms with Crippen LogP contribution in [0.3, 0.4) is 0 Å². The number of carbonyl (C=O) groups is 1. The predicted octanol–water partition coefficient (Wildman–Crippen LogP) is 5.08. The van der Waals surface area contributed by atoms with Crippen molar-refractivity contribution in [1.82, 2.24) is 15.1 Å². The first-order chi connectivity index (χ1) is 15.9. The van der Waals surface area contributed by atoms with E-state index in [4.69, 9.17) is 14.3 Å². The number of carbonyl (C=O) groups excluding carboxylic acids is 1. The average Bonchev–Trinajstić information content (AvgIpc) is 2.77. The topological polar surface area (TPSA) is 86.1 Å². The van der Waals surface area contributed by atoms with Crippen molar-refractivity contribution in [2.75, 3.05) is 13.1 Å². The maximum absolute atomic E-state index is 12.7. The first-order valence-electron chi connectivity index (χ1n) is 10.8. The summed E-state index contributed by atoms with van der Waals surface area (Å²) >= 11 is 0. The quantitative estimate of drug-likeness (QED) is 0.438. The van der Waals surface area contributed by atoms with E-state index in [1.54, 1.807) is 17.9 Å². The van der Waals surface area contributed by atoms with E-state index in [1.165, 1.54) is 18.2 Å². The van der Waals surface area contributed by atoms with E-state index in [9.17, 15) is 18.0 Å². The summed E-state index contributed by atoms with van der Waals surface area (Å²) in [6.45, 7) is 8.13. The zero-order chi connectivity index (χ0) is 24.9. The number of amides is 1. The number of nitrogens with zero attached hydrogens (tertiary/aromatic N) is 4. The van der Waals surface area contributed by atoms with Crippen molar-refractivity contribution in [3.8, 4) is 11.8 Å². The molecule has 0 saturated carbocycles. The highest BCUT2D eigenvalue weighted by molar-refractivity contribution is 5.98. The van der Waals surface area contributed by atoms with Crippen LogP contribution in [0.4, 0.5) is 18.0 Å². The molecule has 0 unspecified atom stereocenters. The molecular formula is C23H27F3N4O4. The van der Waals surface area contributed by atoms with Crippen LogP contribution in [-0.2, 0) is 10.9 Å². The van der Waals surface area contributed by atoms with Gasteiger partial charge in [0.1, 0.15) is 11.7 Å². The second kappa shape index (κ2) is 10.3. The van der Waals surface area contributed by atoms with Crippen molar-refractivity contribution in [2.24, 2.45) is 5.16 Å². The van der Waals surface area contributed by atoms with Gasteiger partial charge in [-0.05, 0) is 45.4 Å². The van der Waals surface area contributed by atoms with Crippen LogP contribution in [0.15, 0.2) is 41.6 Å². The minimum atomic E-state index is -4.39. The van der Waals surface area contributed by atoms with Gasteiger partial charge in [-0.25, -0.2) is 4.79 Å². The lowest BCUT2D eigenvalue weighted by molar-refractivity contribution is -0.137. The fourth-order valence-electron chi connectivity index (χ4n) is 3.14. The van der Waals surface area contributed by atoms with E-state index in [-0.39, 0.29) is 18.1 Å². The normalized spacial score (nSPS) is 15.7. The molecular weight excluding hydrogens is 453 g/mol. The summed E-state index contributed by atoms with van der Waals surface area (Å²) in [6.07, 6.45) is -3.57. The summed E-state index contributed by atoms with van der Waals surface area (Å²) in [5.74, 6) is 0.421. The predicted molar refractivity (Wildman–Crippen MR) is 118 cm³/mol. The van der Waals surface area contributed by atoms with E-state index >= 15 is 0 Å². The lowest BCUT2D eigenvalue weighted by atomic mass is 10.1. The Bertz CT molecular complexity index is 995. The van der Waals surface area contributed by atoms with E-state index in [2.05, 4.69) is 15.4 Å². The molecule has 2 heterocycles. The highest BCUT2D eigenvalue weighted by Gasteiger charge is 2.30. The molecule has 0 N–H and O–H groups in total. The molecule has 0 radical (unpaired) electrons. The molecule has 1 aliphatic rings. The lowest BCUT2D eigenvalue weighted by Crippen LogP contribution is -2.44. The summed E-state index contributed by atoms with van der Waals surface area (Å²) in [6, 6.07) is 7.73. The van der Waals surface area contributed by atoms with Gasteiger partial charge in [0.05, 0.1) is 11.3 Å². The molecule has 1 fully saturated rings. The van der Waals surface area contributed by atoms with Crippen molar-refractivity contribution >= 4 is 11.8 Å². The first kappa shape index (κ1) is 25.3. The van der Waals surface area contributed by atoms with Gasteiger partial charge >= 0.3 is 12.3 Å². The number of hydrogen-bond donors (Lipinski definition) is 0. The minimum Gasteiger partial charge on any atom is -0.473 e. The van der Waals surface area contributed by atoms with Gasteiger partial charge in [-0.1, -0.05) is 17.3 Å². The largest absolute Gasteiger partial charge is 0.473 e. The molecule has 1 aliphatic heterocycles. The molecule has 1 saturated heterocycles. The van der Waals surface area contributed by atoms with Crippen molar-refractivity contribution in [3.05, 3.63) is 47.5 Å². The van der Waals surface area contributed by atoms with Crippen LogP contribution in [-0.4, -0.2) is 51.7 Å². The van der Waals surface area contributed by atoms with Gasteiger partial charge in [0.15, 0.2) is 0 Å². The average molecular weight is 480 g/mol. The molecule has 0 spiro atoms. The van der Waals surface area contributed by atoms with Crippen LogP contribution in [0.1, 0.15) is 51.7 Å². The van der Waals surface area contributed by atoms with E-state index < -0.39 is 17.3 Å². The second-order valence-corrected chi connectivity index (χ2v) is 8.84. The molecule has 0 aliphatic carbocycles. The number of ether oxygens (including phenoxy) is 2. The van der Waals surface area contributed by atoms with Gasteiger partial charge in [0, 0.05) is 38.1 Å². The third-order valence-corrected chi connectivity index (χ3v) is 4.90. The summed E-state index contributed by atoms with van der Waals surface area (Å²) in [7, 11) is 0. The molecule has 1 aromatic carbocycles. The Morgan fingerprint density at radius 3 is 2.12 bits per heavy atom. The number of alkyl halides is 3. The molecule has 184 valence electrons. The van der Waals surface area contributed by atoms with Crippen LogP contribution in [0.5, 0.6) is 11.8 Å². The van der Waals surface area contributed by atoms with Gasteiger partial charge in [-0.15, -0.1) is 10.2 Å². The second-order valence-electron chi connectivity index (χ2n) is 8.84. The van der Waals surface area contributed by atoms with E-state index in [0.717, 1.165) is 12.1 Å². The summed E-state index contributed by atoms with van der Waals surface area (Å²) < 4.78 is 49.2. The highest BCUT2D eigenvalue weighted by atomic mass is 19.4. The third kappa shape index (κ3) is 7.32. The number of aromatic nitrogens is 2. The fraction of sp³-hybridized carbons (Fsp3) is 0.478. The zero-order valence-corrected chi connectivity index (χ0v) is 19.4. The SMILES string of the molecule is C/C(=N/Oc1ccc(OC2CCN(C(=O)OC(C)(C)C)CC2)nn1)c1ccc(C(F)(F)F)cc1. The lowest BCUT2D eigenvalue weighted by Gasteiger charge is -2.33. The van der Waals surface area contributed by atoms with Gasteiger partial charge < -0.3 is 19.2 Å². The summed E-state index contributed by atoms with van der Waals surface area (Å²) in [4.78, 5) is 19.0. The van der Waals surface area contributed by atoms with Gasteiger partial charge in [0.2, 0.25) is 5.88 Å². The molecule has 1 amide bonds. The van der Waals surface area contributed by atoms with E-state index in [1.807, 2.05) is 20.8 Å². The monoisotopic (exact) mass is 480 g/mol. The van der Waals surface area contributed by atoms with Crippen LogP contribution in [0.2, 0.25) is 0 Å². The van der Waals surface area contributed by atoms with Crippen LogP contribution >= 0.6 is 0 Å². The molecule has 2 aromatic rings. The van der Waals surface area contributed by atoms with Gasteiger partial charge in [0.25, 0.3) is 5.88 Å². The van der Waals surface area contributed by atoms with Crippen molar-refractivity contribution in [1.29, 1.82) is 0 Å². The van der Waals surface area contributed by atoms with E-state index in [0.29, 0.717) is 43.1 Å². The summed E-state index contributed by atoms with van der Waals surface area (Å²) in [5, 5.41) is 11.8.